The van der Waals surface area contributed by atoms with Crippen LogP contribution in [0.5, 0.6) is 17.2 Å². The van der Waals surface area contributed by atoms with E-state index in [1.807, 2.05) is 44.2 Å². The Labute approximate surface area is 281 Å². The molecule has 0 spiro atoms. The summed E-state index contributed by atoms with van der Waals surface area (Å²) >= 11 is 0.925. The number of rotatable bonds is 11. The summed E-state index contributed by atoms with van der Waals surface area (Å²) in [4.78, 5) is 46.4. The number of esters is 1. The van der Waals surface area contributed by atoms with E-state index in [0.29, 0.717) is 53.7 Å². The van der Waals surface area contributed by atoms with Gasteiger partial charge in [-0.3, -0.25) is 14.5 Å². The number of aliphatic hydroxyl groups is 1. The van der Waals surface area contributed by atoms with Crippen LogP contribution in [0.3, 0.4) is 0 Å². The maximum atomic E-state index is 13.9. The molecule has 6 rings (SSSR count). The Morgan fingerprint density at radius 3 is 2.65 bits per heavy atom. The third-order valence-corrected chi connectivity index (χ3v) is 9.08. The molecule has 0 saturated carbocycles. The van der Waals surface area contributed by atoms with Crippen LogP contribution < -0.4 is 19.1 Å². The van der Waals surface area contributed by atoms with Gasteiger partial charge in [-0.1, -0.05) is 60.4 Å². The molecule has 2 atom stereocenters. The largest absolute Gasteiger partial charge is 0.507 e. The molecule has 1 aromatic heterocycles. The molecular formula is C37H34N2O8S. The Kier molecular flexibility index (Phi) is 9.31. The molecule has 1 N–H and O–H groups in total. The van der Waals surface area contributed by atoms with Crippen LogP contribution in [0.1, 0.15) is 57.5 Å². The van der Waals surface area contributed by atoms with E-state index in [0.717, 1.165) is 22.5 Å². The molecular weight excluding hydrogens is 632 g/mol. The topological polar surface area (TPSA) is 124 Å². The first-order chi connectivity index (χ1) is 23.2. The summed E-state index contributed by atoms with van der Waals surface area (Å²) in [5.74, 6) is -1.20. The highest BCUT2D eigenvalue weighted by atomic mass is 32.1. The molecule has 0 unspecified atom stereocenters. The van der Waals surface area contributed by atoms with E-state index in [1.54, 1.807) is 43.3 Å². The predicted molar refractivity (Wildman–Crippen MR) is 181 cm³/mol. The molecule has 1 saturated heterocycles. The molecule has 246 valence electrons. The SMILES string of the molecule is C=CCOC(=O)c1sc(N2C(=O)C(=O)C(=C(O)c3ccc4c(c3)C[C@@H](C)O4)[C@@H]2c2ccc(OCc3ccccc3)c(OCC)c2)nc1C. The lowest BCUT2D eigenvalue weighted by Crippen LogP contribution is -2.29. The molecule has 3 heterocycles. The number of aryl methyl sites for hydroxylation is 1. The molecule has 3 aromatic carbocycles. The fraction of sp³-hybridized carbons (Fsp3) is 0.243. The number of carbonyl (C=O) groups excluding carboxylic acids is 3. The quantitative estimate of drug-likeness (QED) is 0.0611. The number of benzene rings is 3. The van der Waals surface area contributed by atoms with E-state index in [9.17, 15) is 19.5 Å². The van der Waals surface area contributed by atoms with Gasteiger partial charge in [-0.25, -0.2) is 9.78 Å². The summed E-state index contributed by atoms with van der Waals surface area (Å²) in [6.07, 6.45) is 2.06. The predicted octanol–water partition coefficient (Wildman–Crippen LogP) is 6.72. The number of aliphatic hydroxyl groups excluding tert-OH is 1. The highest BCUT2D eigenvalue weighted by Gasteiger charge is 2.49. The van der Waals surface area contributed by atoms with Crippen LogP contribution >= 0.6 is 11.3 Å². The minimum Gasteiger partial charge on any atom is -0.507 e. The standard InChI is InChI=1S/C37H34N2O8S/c1-5-16-45-36(43)34-22(4)38-37(48-34)39-31(24-12-15-28(29(19-24)44-6-2)46-20-23-10-8-7-9-11-23)30(33(41)35(39)42)32(40)25-13-14-27-26(18-25)17-21(3)47-27/h5,7-15,18-19,21,31,40H,1,6,16-17,20H2,2-4H3/t21-,31+/m1/s1. The first-order valence-corrected chi connectivity index (χ1v) is 16.3. The Bertz CT molecular complexity index is 1930. The molecule has 1 amide bonds. The monoisotopic (exact) mass is 666 g/mol. The van der Waals surface area contributed by atoms with Crippen LogP contribution in [0, 0.1) is 6.92 Å². The fourth-order valence-electron chi connectivity index (χ4n) is 5.76. The number of Topliss-reactive ketones (excluding diaryl/α,β-unsaturated/α-hetero) is 1. The minimum atomic E-state index is -1.11. The lowest BCUT2D eigenvalue weighted by Gasteiger charge is -2.24. The van der Waals surface area contributed by atoms with E-state index in [2.05, 4.69) is 11.6 Å². The van der Waals surface area contributed by atoms with Crippen molar-refractivity contribution in [2.75, 3.05) is 18.1 Å². The second kappa shape index (κ2) is 13.7. The molecule has 1 fully saturated rings. The summed E-state index contributed by atoms with van der Waals surface area (Å²) in [5.41, 5.74) is 2.88. The van der Waals surface area contributed by atoms with Crippen molar-refractivity contribution in [1.82, 2.24) is 4.98 Å². The zero-order valence-electron chi connectivity index (χ0n) is 26.7. The van der Waals surface area contributed by atoms with Crippen molar-refractivity contribution in [3.63, 3.8) is 0 Å². The summed E-state index contributed by atoms with van der Waals surface area (Å²) in [6, 6.07) is 18.9. The van der Waals surface area contributed by atoms with E-state index < -0.39 is 23.7 Å². The Morgan fingerprint density at radius 1 is 1.10 bits per heavy atom. The zero-order chi connectivity index (χ0) is 33.9. The van der Waals surface area contributed by atoms with Gasteiger partial charge in [-0.2, -0.15) is 0 Å². The van der Waals surface area contributed by atoms with Crippen molar-refractivity contribution in [3.8, 4) is 17.2 Å². The molecule has 2 aliphatic rings. The third-order valence-electron chi connectivity index (χ3n) is 7.94. The first-order valence-electron chi connectivity index (χ1n) is 15.5. The second-order valence-corrected chi connectivity index (χ2v) is 12.3. The Hall–Kier alpha value is -5.42. The van der Waals surface area contributed by atoms with Crippen LogP contribution in [0.2, 0.25) is 0 Å². The highest BCUT2D eigenvalue weighted by molar-refractivity contribution is 7.17. The van der Waals surface area contributed by atoms with Crippen molar-refractivity contribution in [3.05, 3.63) is 118 Å². The summed E-state index contributed by atoms with van der Waals surface area (Å²) in [7, 11) is 0. The van der Waals surface area contributed by atoms with Gasteiger partial charge in [0.25, 0.3) is 5.78 Å². The van der Waals surface area contributed by atoms with E-state index >= 15 is 0 Å². The molecule has 11 heteroatoms. The lowest BCUT2D eigenvalue weighted by atomic mass is 9.94. The van der Waals surface area contributed by atoms with Crippen molar-refractivity contribution in [1.29, 1.82) is 0 Å². The van der Waals surface area contributed by atoms with Crippen LogP contribution in [0.4, 0.5) is 5.13 Å². The van der Waals surface area contributed by atoms with Gasteiger partial charge in [-0.15, -0.1) is 0 Å². The van der Waals surface area contributed by atoms with E-state index in [-0.39, 0.29) is 34.1 Å². The maximum absolute atomic E-state index is 13.9. The first kappa shape index (κ1) is 32.5. The molecule has 2 aliphatic heterocycles. The van der Waals surface area contributed by atoms with Gasteiger partial charge in [0.05, 0.1) is 23.9 Å². The van der Waals surface area contributed by atoms with Gasteiger partial charge in [0.1, 0.15) is 35.7 Å². The summed E-state index contributed by atoms with van der Waals surface area (Å²) in [6.45, 7) is 9.59. The number of ether oxygens (including phenoxy) is 4. The fourth-order valence-corrected chi connectivity index (χ4v) is 6.75. The Morgan fingerprint density at radius 2 is 1.90 bits per heavy atom. The minimum absolute atomic E-state index is 0.000482. The highest BCUT2D eigenvalue weighted by Crippen LogP contribution is 2.46. The Balaban J connectivity index is 1.47. The van der Waals surface area contributed by atoms with Gasteiger partial charge in [0, 0.05) is 12.0 Å². The van der Waals surface area contributed by atoms with Crippen LogP contribution in [0.15, 0.2) is 85.0 Å². The molecule has 0 radical (unpaired) electrons. The number of hydrogen-bond acceptors (Lipinski definition) is 10. The number of carbonyl (C=O) groups is 3. The normalized spacial score (nSPS) is 17.9. The van der Waals surface area contributed by atoms with Gasteiger partial charge in [0.15, 0.2) is 16.6 Å². The number of ketones is 1. The number of fused-ring (bicyclic) bond motifs is 1. The van der Waals surface area contributed by atoms with Crippen LogP contribution in [-0.2, 0) is 27.4 Å². The summed E-state index contributed by atoms with van der Waals surface area (Å²) < 4.78 is 23.1. The molecule has 0 aliphatic carbocycles. The smallest absolute Gasteiger partial charge is 0.350 e. The molecule has 0 bridgehead atoms. The number of anilines is 1. The van der Waals surface area contributed by atoms with Gasteiger partial charge in [-0.05, 0) is 67.8 Å². The van der Waals surface area contributed by atoms with E-state index in [1.165, 1.54) is 11.0 Å². The number of aromatic nitrogens is 1. The summed E-state index contributed by atoms with van der Waals surface area (Å²) in [5, 5.41) is 11.9. The van der Waals surface area contributed by atoms with E-state index in [4.69, 9.17) is 18.9 Å². The van der Waals surface area contributed by atoms with Gasteiger partial charge in [0.2, 0.25) is 0 Å². The third kappa shape index (κ3) is 6.28. The van der Waals surface area contributed by atoms with Crippen molar-refractivity contribution < 1.29 is 38.4 Å². The molecule has 4 aromatic rings. The van der Waals surface area contributed by atoms with Gasteiger partial charge < -0.3 is 24.1 Å². The van der Waals surface area contributed by atoms with Gasteiger partial charge >= 0.3 is 11.9 Å². The zero-order valence-corrected chi connectivity index (χ0v) is 27.5. The number of hydrogen-bond donors (Lipinski definition) is 1. The second-order valence-electron chi connectivity index (χ2n) is 11.3. The lowest BCUT2D eigenvalue weighted by molar-refractivity contribution is -0.132. The maximum Gasteiger partial charge on any atom is 0.350 e. The molecule has 10 nitrogen and oxygen atoms in total. The van der Waals surface area contributed by atoms with Crippen molar-refractivity contribution >= 4 is 39.9 Å². The number of nitrogens with zero attached hydrogens (tertiary/aromatic N) is 2. The van der Waals surface area contributed by atoms with Crippen LogP contribution in [0.25, 0.3) is 5.76 Å². The number of thiazole rings is 1. The average molecular weight is 667 g/mol. The van der Waals surface area contributed by atoms with Crippen molar-refractivity contribution in [2.45, 2.75) is 45.9 Å². The molecule has 48 heavy (non-hydrogen) atoms. The number of amides is 1. The van der Waals surface area contributed by atoms with Crippen molar-refractivity contribution in [2.24, 2.45) is 0 Å². The van der Waals surface area contributed by atoms with Crippen LogP contribution in [-0.4, -0.2) is 47.1 Å². The average Bonchev–Trinajstić information content (AvgIpc) is 3.74.